The van der Waals surface area contributed by atoms with Crippen LogP contribution >= 0.6 is 0 Å². The smallest absolute Gasteiger partial charge is 0.270 e. The minimum absolute atomic E-state index is 0.336. The maximum Gasteiger partial charge on any atom is 0.270 e. The largest absolute Gasteiger partial charge is 0.383 e. The molecule has 1 saturated heterocycles. The summed E-state index contributed by atoms with van der Waals surface area (Å²) in [6.07, 6.45) is -0.877. The van der Waals surface area contributed by atoms with E-state index >= 15 is 0 Å². The molecule has 3 nitrogen and oxygen atoms in total. The third-order valence-electron chi connectivity index (χ3n) is 1.62. The van der Waals surface area contributed by atoms with Crippen LogP contribution in [0.2, 0.25) is 0 Å². The molecule has 0 aliphatic carbocycles. The summed E-state index contributed by atoms with van der Waals surface area (Å²) in [5.74, 6) is -0.375. The third kappa shape index (κ3) is 0.920. The normalized spacial score (nSPS) is 32.3. The number of hydrogen-bond donors (Lipinski definition) is 1. The van der Waals surface area contributed by atoms with E-state index in [1.54, 1.807) is 0 Å². The van der Waals surface area contributed by atoms with Crippen molar-refractivity contribution in [1.82, 2.24) is 5.32 Å². The lowest BCUT2D eigenvalue weighted by molar-refractivity contribution is -0.128. The van der Waals surface area contributed by atoms with Gasteiger partial charge in [-0.15, -0.1) is 0 Å². The predicted molar refractivity (Wildman–Crippen MR) is 31.8 cm³/mol. The molecule has 1 radical (unpaired) electrons. The molecule has 1 atom stereocenters. The lowest BCUT2D eigenvalue weighted by Crippen LogP contribution is -2.29. The molecule has 1 N–H and O–H groups in total. The van der Waals surface area contributed by atoms with Crippen LogP contribution in [0, 0.1) is 5.41 Å². The van der Waals surface area contributed by atoms with E-state index in [1.165, 1.54) is 0 Å². The van der Waals surface area contributed by atoms with Gasteiger partial charge in [0.1, 0.15) is 6.10 Å². The lowest BCUT2D eigenvalue weighted by Gasteiger charge is -2.17. The first-order valence-corrected chi connectivity index (χ1v) is 2.93. The van der Waals surface area contributed by atoms with E-state index in [-0.39, 0.29) is 11.3 Å². The highest BCUT2D eigenvalue weighted by Crippen LogP contribution is 2.24. The standard InChI is InChI=1S/C6H10NO2/c1-6(2)3-7-5(9)4(6)8/h4,8H,3H2,1-2H3. The van der Waals surface area contributed by atoms with Gasteiger partial charge in [-0.25, -0.2) is 5.32 Å². The summed E-state index contributed by atoms with van der Waals surface area (Å²) < 4.78 is 0. The van der Waals surface area contributed by atoms with E-state index in [4.69, 9.17) is 5.11 Å². The SMILES string of the molecule is CC1(C)C[N]C(=O)C1O. The number of nitrogens with zero attached hydrogens (tertiary/aromatic N) is 1. The highest BCUT2D eigenvalue weighted by Gasteiger charge is 2.40. The quantitative estimate of drug-likeness (QED) is 0.479. The first kappa shape index (κ1) is 6.55. The van der Waals surface area contributed by atoms with Crippen LogP contribution < -0.4 is 5.32 Å². The fourth-order valence-electron chi connectivity index (χ4n) is 0.789. The van der Waals surface area contributed by atoms with Crippen molar-refractivity contribution in [1.29, 1.82) is 0 Å². The number of aliphatic hydroxyl groups excluding tert-OH is 1. The maximum absolute atomic E-state index is 10.6. The molecular formula is C6H10NO2. The van der Waals surface area contributed by atoms with Crippen LogP contribution in [0.25, 0.3) is 0 Å². The van der Waals surface area contributed by atoms with Crippen molar-refractivity contribution in [2.45, 2.75) is 20.0 Å². The molecule has 1 fully saturated rings. The molecule has 1 aliphatic rings. The van der Waals surface area contributed by atoms with Gasteiger partial charge < -0.3 is 5.11 Å². The predicted octanol–water partition coefficient (Wildman–Crippen LogP) is -0.482. The molecule has 1 unspecified atom stereocenters. The highest BCUT2D eigenvalue weighted by atomic mass is 16.3. The molecule has 9 heavy (non-hydrogen) atoms. The molecule has 0 spiro atoms. The maximum atomic E-state index is 10.6. The first-order valence-electron chi connectivity index (χ1n) is 2.93. The van der Waals surface area contributed by atoms with Gasteiger partial charge in [-0.3, -0.25) is 4.79 Å². The Morgan fingerprint density at radius 1 is 1.78 bits per heavy atom. The van der Waals surface area contributed by atoms with E-state index in [9.17, 15) is 4.79 Å². The van der Waals surface area contributed by atoms with Gasteiger partial charge in [0.15, 0.2) is 0 Å². The summed E-state index contributed by atoms with van der Waals surface area (Å²) in [6.45, 7) is 4.10. The van der Waals surface area contributed by atoms with Crippen LogP contribution in [0.4, 0.5) is 0 Å². The van der Waals surface area contributed by atoms with Gasteiger partial charge in [0.25, 0.3) is 5.91 Å². The summed E-state index contributed by atoms with van der Waals surface area (Å²) >= 11 is 0. The van der Waals surface area contributed by atoms with E-state index < -0.39 is 6.10 Å². The topological polar surface area (TPSA) is 51.4 Å². The molecule has 51 valence electrons. The second-order valence-corrected chi connectivity index (χ2v) is 3.05. The summed E-state index contributed by atoms with van der Waals surface area (Å²) in [6, 6.07) is 0. The van der Waals surface area contributed by atoms with Crippen LogP contribution in [0.1, 0.15) is 13.8 Å². The Bertz CT molecular complexity index is 142. The van der Waals surface area contributed by atoms with Crippen LogP contribution in [-0.4, -0.2) is 23.7 Å². The summed E-state index contributed by atoms with van der Waals surface area (Å²) in [4.78, 5) is 10.6. The van der Waals surface area contributed by atoms with E-state index in [0.29, 0.717) is 6.54 Å². The van der Waals surface area contributed by atoms with Crippen molar-refractivity contribution in [3.63, 3.8) is 0 Å². The fraction of sp³-hybridized carbons (Fsp3) is 0.833. The highest BCUT2D eigenvalue weighted by molar-refractivity contribution is 5.83. The van der Waals surface area contributed by atoms with E-state index in [1.807, 2.05) is 13.8 Å². The molecule has 1 aliphatic heterocycles. The summed E-state index contributed by atoms with van der Waals surface area (Å²) in [5.41, 5.74) is -0.336. The molecule has 0 bridgehead atoms. The van der Waals surface area contributed by atoms with E-state index in [2.05, 4.69) is 5.32 Å². The van der Waals surface area contributed by atoms with Crippen molar-refractivity contribution in [3.05, 3.63) is 0 Å². The zero-order valence-electron chi connectivity index (χ0n) is 5.59. The third-order valence-corrected chi connectivity index (χ3v) is 1.62. The molecular weight excluding hydrogens is 118 g/mol. The minimum atomic E-state index is -0.877. The van der Waals surface area contributed by atoms with Crippen molar-refractivity contribution >= 4 is 5.91 Å². The molecule has 0 aromatic carbocycles. The van der Waals surface area contributed by atoms with Crippen LogP contribution in [0.3, 0.4) is 0 Å². The molecule has 1 rings (SSSR count). The molecule has 1 heterocycles. The van der Waals surface area contributed by atoms with Gasteiger partial charge >= 0.3 is 0 Å². The van der Waals surface area contributed by atoms with Gasteiger partial charge in [-0.1, -0.05) is 13.8 Å². The number of carbonyl (C=O) groups is 1. The van der Waals surface area contributed by atoms with Crippen molar-refractivity contribution in [2.24, 2.45) is 5.41 Å². The number of hydrogen-bond acceptors (Lipinski definition) is 2. The van der Waals surface area contributed by atoms with Crippen LogP contribution in [-0.2, 0) is 4.79 Å². The fourth-order valence-corrected chi connectivity index (χ4v) is 0.789. The number of carbonyl (C=O) groups excluding carboxylic acids is 1. The second-order valence-electron chi connectivity index (χ2n) is 3.05. The average molecular weight is 128 g/mol. The Hall–Kier alpha value is -0.570. The van der Waals surface area contributed by atoms with Gasteiger partial charge in [0.05, 0.1) is 6.54 Å². The Labute approximate surface area is 54.1 Å². The van der Waals surface area contributed by atoms with Gasteiger partial charge in [0.2, 0.25) is 0 Å². The second kappa shape index (κ2) is 1.70. The first-order chi connectivity index (χ1) is 4.04. The molecule has 0 aromatic rings. The Balaban J connectivity index is 2.73. The molecule has 0 saturated carbocycles. The number of amides is 1. The summed E-state index contributed by atoms with van der Waals surface area (Å²) in [7, 11) is 0. The molecule has 3 heteroatoms. The zero-order valence-corrected chi connectivity index (χ0v) is 5.59. The van der Waals surface area contributed by atoms with Crippen molar-refractivity contribution < 1.29 is 9.90 Å². The number of aliphatic hydroxyl groups is 1. The van der Waals surface area contributed by atoms with E-state index in [0.717, 1.165) is 0 Å². The monoisotopic (exact) mass is 128 g/mol. The van der Waals surface area contributed by atoms with Crippen LogP contribution in [0.5, 0.6) is 0 Å². The molecule has 0 aromatic heterocycles. The van der Waals surface area contributed by atoms with Crippen molar-refractivity contribution in [3.8, 4) is 0 Å². The summed E-state index contributed by atoms with van der Waals surface area (Å²) in [5, 5.41) is 12.7. The Morgan fingerprint density at radius 2 is 2.33 bits per heavy atom. The Kier molecular flexibility index (Phi) is 1.24. The van der Waals surface area contributed by atoms with Crippen LogP contribution in [0.15, 0.2) is 0 Å². The zero-order chi connectivity index (χ0) is 7.07. The molecule has 1 amide bonds. The average Bonchev–Trinajstić information content (AvgIpc) is 1.97. The van der Waals surface area contributed by atoms with Gasteiger partial charge in [-0.05, 0) is 0 Å². The van der Waals surface area contributed by atoms with Gasteiger partial charge in [0, 0.05) is 5.41 Å². The van der Waals surface area contributed by atoms with Crippen molar-refractivity contribution in [2.75, 3.05) is 6.54 Å². The Morgan fingerprint density at radius 3 is 2.44 bits per heavy atom. The lowest BCUT2D eigenvalue weighted by atomic mass is 9.90. The number of rotatable bonds is 0. The van der Waals surface area contributed by atoms with Gasteiger partial charge in [-0.2, -0.15) is 0 Å². The minimum Gasteiger partial charge on any atom is -0.383 e.